The molecule has 0 aromatic heterocycles. The van der Waals surface area contributed by atoms with Gasteiger partial charge in [0.1, 0.15) is 0 Å². The minimum atomic E-state index is -0.156. The maximum absolute atomic E-state index is 12.2. The Labute approximate surface area is 133 Å². The van der Waals surface area contributed by atoms with Crippen molar-refractivity contribution in [3.05, 3.63) is 58.1 Å². The number of carbonyl (C=O) groups excluding carboxylic acids is 1. The standard InChI is InChI=1S/C16H18BrN3O/c1-20(2)10-11-3-6-13(7-4-11)19-16(21)12-5-8-15(18)14(17)9-12/h3-9H,10,18H2,1-2H3,(H,19,21). The van der Waals surface area contributed by atoms with Gasteiger partial charge in [-0.25, -0.2) is 0 Å². The van der Waals surface area contributed by atoms with Gasteiger partial charge in [-0.2, -0.15) is 0 Å². The van der Waals surface area contributed by atoms with Crippen LogP contribution in [0.4, 0.5) is 11.4 Å². The summed E-state index contributed by atoms with van der Waals surface area (Å²) in [6.07, 6.45) is 0. The molecule has 0 aliphatic heterocycles. The smallest absolute Gasteiger partial charge is 0.255 e. The average Bonchev–Trinajstić information content (AvgIpc) is 2.43. The lowest BCUT2D eigenvalue weighted by Crippen LogP contribution is -2.13. The number of amides is 1. The zero-order valence-corrected chi connectivity index (χ0v) is 13.6. The molecule has 0 saturated heterocycles. The van der Waals surface area contributed by atoms with E-state index in [0.29, 0.717) is 11.3 Å². The number of nitrogen functional groups attached to an aromatic ring is 1. The summed E-state index contributed by atoms with van der Waals surface area (Å²) >= 11 is 3.32. The first kappa shape index (κ1) is 15.5. The third-order valence-electron chi connectivity index (χ3n) is 2.97. The first-order valence-electron chi connectivity index (χ1n) is 6.56. The molecule has 3 N–H and O–H groups in total. The molecular weight excluding hydrogens is 330 g/mol. The zero-order chi connectivity index (χ0) is 15.4. The second-order valence-electron chi connectivity index (χ2n) is 5.13. The van der Waals surface area contributed by atoms with Gasteiger partial charge < -0.3 is 16.0 Å². The molecule has 0 radical (unpaired) electrons. The van der Waals surface area contributed by atoms with Crippen molar-refractivity contribution in [2.24, 2.45) is 0 Å². The van der Waals surface area contributed by atoms with E-state index >= 15 is 0 Å². The van der Waals surface area contributed by atoms with Crippen LogP contribution in [0.2, 0.25) is 0 Å². The maximum atomic E-state index is 12.2. The number of rotatable bonds is 4. The number of nitrogens with one attached hydrogen (secondary N) is 1. The van der Waals surface area contributed by atoms with Gasteiger partial charge in [0.2, 0.25) is 0 Å². The van der Waals surface area contributed by atoms with Crippen LogP contribution in [0.25, 0.3) is 0 Å². The molecule has 2 aromatic carbocycles. The molecule has 21 heavy (non-hydrogen) atoms. The number of carbonyl (C=O) groups is 1. The zero-order valence-electron chi connectivity index (χ0n) is 12.1. The Bertz CT molecular complexity index is 638. The third-order valence-corrected chi connectivity index (χ3v) is 3.66. The van der Waals surface area contributed by atoms with Crippen LogP contribution in [0.5, 0.6) is 0 Å². The summed E-state index contributed by atoms with van der Waals surface area (Å²) in [6, 6.07) is 13.0. The van der Waals surface area contributed by atoms with Crippen LogP contribution in [-0.4, -0.2) is 24.9 Å². The molecule has 0 bridgehead atoms. The molecule has 0 fully saturated rings. The summed E-state index contributed by atoms with van der Waals surface area (Å²) in [4.78, 5) is 14.3. The lowest BCUT2D eigenvalue weighted by atomic mass is 10.1. The quantitative estimate of drug-likeness (QED) is 0.833. The lowest BCUT2D eigenvalue weighted by Gasteiger charge is -2.11. The van der Waals surface area contributed by atoms with Gasteiger partial charge in [-0.1, -0.05) is 12.1 Å². The second kappa shape index (κ2) is 6.74. The predicted octanol–water partition coefficient (Wildman–Crippen LogP) is 3.35. The van der Waals surface area contributed by atoms with Gasteiger partial charge in [-0.05, 0) is 65.9 Å². The van der Waals surface area contributed by atoms with Gasteiger partial charge in [0.25, 0.3) is 5.91 Å². The highest BCUT2D eigenvalue weighted by Gasteiger charge is 2.08. The highest BCUT2D eigenvalue weighted by molar-refractivity contribution is 9.10. The van der Waals surface area contributed by atoms with Crippen molar-refractivity contribution in [3.63, 3.8) is 0 Å². The molecule has 0 aliphatic rings. The van der Waals surface area contributed by atoms with Crippen molar-refractivity contribution < 1.29 is 4.79 Å². The Morgan fingerprint density at radius 2 is 1.86 bits per heavy atom. The van der Waals surface area contributed by atoms with Crippen LogP contribution < -0.4 is 11.1 Å². The fourth-order valence-corrected chi connectivity index (χ4v) is 2.31. The second-order valence-corrected chi connectivity index (χ2v) is 5.98. The molecule has 2 rings (SSSR count). The van der Waals surface area contributed by atoms with E-state index < -0.39 is 0 Å². The van der Waals surface area contributed by atoms with E-state index in [4.69, 9.17) is 5.73 Å². The van der Waals surface area contributed by atoms with E-state index in [1.165, 1.54) is 5.56 Å². The lowest BCUT2D eigenvalue weighted by molar-refractivity contribution is 0.102. The molecule has 2 aromatic rings. The SMILES string of the molecule is CN(C)Cc1ccc(NC(=O)c2ccc(N)c(Br)c2)cc1. The van der Waals surface area contributed by atoms with Crippen molar-refractivity contribution in [1.29, 1.82) is 0 Å². The largest absolute Gasteiger partial charge is 0.398 e. The molecule has 1 amide bonds. The highest BCUT2D eigenvalue weighted by atomic mass is 79.9. The number of hydrogen-bond donors (Lipinski definition) is 2. The van der Waals surface area contributed by atoms with Crippen LogP contribution in [-0.2, 0) is 6.54 Å². The van der Waals surface area contributed by atoms with Crippen LogP contribution in [0, 0.1) is 0 Å². The van der Waals surface area contributed by atoms with E-state index in [-0.39, 0.29) is 5.91 Å². The topological polar surface area (TPSA) is 58.4 Å². The summed E-state index contributed by atoms with van der Waals surface area (Å²) in [5.41, 5.74) is 8.86. The molecule has 5 heteroatoms. The number of halogens is 1. The van der Waals surface area contributed by atoms with Gasteiger partial charge in [-0.3, -0.25) is 4.79 Å². The van der Waals surface area contributed by atoms with Crippen LogP contribution in [0.3, 0.4) is 0 Å². The van der Waals surface area contributed by atoms with Crippen LogP contribution >= 0.6 is 15.9 Å². The Kier molecular flexibility index (Phi) is 4.98. The van der Waals surface area contributed by atoms with Crippen molar-refractivity contribution in [2.75, 3.05) is 25.1 Å². The summed E-state index contributed by atoms with van der Waals surface area (Å²) < 4.78 is 0.719. The Morgan fingerprint density at radius 3 is 2.43 bits per heavy atom. The van der Waals surface area contributed by atoms with Crippen LogP contribution in [0.15, 0.2) is 46.9 Å². The summed E-state index contributed by atoms with van der Waals surface area (Å²) in [7, 11) is 4.04. The monoisotopic (exact) mass is 347 g/mol. The van der Waals surface area contributed by atoms with E-state index in [9.17, 15) is 4.79 Å². The molecule has 0 unspecified atom stereocenters. The minimum Gasteiger partial charge on any atom is -0.398 e. The predicted molar refractivity (Wildman–Crippen MR) is 90.3 cm³/mol. The Balaban J connectivity index is 2.06. The molecule has 0 atom stereocenters. The van der Waals surface area contributed by atoms with Gasteiger partial charge in [0, 0.05) is 28.0 Å². The van der Waals surface area contributed by atoms with Crippen molar-refractivity contribution in [2.45, 2.75) is 6.54 Å². The number of nitrogens with zero attached hydrogens (tertiary/aromatic N) is 1. The average molecular weight is 348 g/mol. The molecule has 0 aliphatic carbocycles. The van der Waals surface area contributed by atoms with E-state index in [1.807, 2.05) is 38.4 Å². The normalized spacial score (nSPS) is 10.7. The fourth-order valence-electron chi connectivity index (χ4n) is 1.93. The minimum absolute atomic E-state index is 0.156. The first-order chi connectivity index (χ1) is 9.95. The number of benzene rings is 2. The Morgan fingerprint density at radius 1 is 1.19 bits per heavy atom. The summed E-state index contributed by atoms with van der Waals surface area (Å²) in [5.74, 6) is -0.156. The van der Waals surface area contributed by atoms with Crippen molar-refractivity contribution >= 4 is 33.2 Å². The Hall–Kier alpha value is -1.85. The number of nitrogens with two attached hydrogens (primary N) is 1. The van der Waals surface area contributed by atoms with Gasteiger partial charge in [-0.15, -0.1) is 0 Å². The molecule has 110 valence electrons. The molecule has 0 saturated carbocycles. The van der Waals surface area contributed by atoms with Crippen molar-refractivity contribution in [1.82, 2.24) is 4.90 Å². The maximum Gasteiger partial charge on any atom is 0.255 e. The van der Waals surface area contributed by atoms with Gasteiger partial charge in [0.05, 0.1) is 0 Å². The van der Waals surface area contributed by atoms with E-state index in [2.05, 4.69) is 26.1 Å². The van der Waals surface area contributed by atoms with E-state index in [1.54, 1.807) is 18.2 Å². The molecular formula is C16H18BrN3O. The van der Waals surface area contributed by atoms with Gasteiger partial charge >= 0.3 is 0 Å². The van der Waals surface area contributed by atoms with Gasteiger partial charge in [0.15, 0.2) is 0 Å². The van der Waals surface area contributed by atoms with Crippen molar-refractivity contribution in [3.8, 4) is 0 Å². The molecule has 0 heterocycles. The highest BCUT2D eigenvalue weighted by Crippen LogP contribution is 2.21. The first-order valence-corrected chi connectivity index (χ1v) is 7.35. The number of anilines is 2. The molecule has 0 spiro atoms. The number of hydrogen-bond acceptors (Lipinski definition) is 3. The third kappa shape index (κ3) is 4.31. The summed E-state index contributed by atoms with van der Waals surface area (Å²) in [6.45, 7) is 0.874. The van der Waals surface area contributed by atoms with Crippen LogP contribution in [0.1, 0.15) is 15.9 Å². The fraction of sp³-hybridized carbons (Fsp3) is 0.188. The molecule has 4 nitrogen and oxygen atoms in total. The van der Waals surface area contributed by atoms with E-state index in [0.717, 1.165) is 16.7 Å². The summed E-state index contributed by atoms with van der Waals surface area (Å²) in [5, 5.41) is 2.87.